The molecule has 0 bridgehead atoms. The third kappa shape index (κ3) is 4.52. The third-order valence-corrected chi connectivity index (χ3v) is 3.77. The molecule has 0 aromatic carbocycles. The molecule has 122 valence electrons. The lowest BCUT2D eigenvalue weighted by Crippen LogP contribution is -2.57. The van der Waals surface area contributed by atoms with Crippen molar-refractivity contribution < 1.29 is 19.4 Å². The molecule has 1 aromatic heterocycles. The number of rotatable bonds is 6. The van der Waals surface area contributed by atoms with Gasteiger partial charge in [0, 0.05) is 39.1 Å². The Labute approximate surface area is 137 Å². The summed E-state index contributed by atoms with van der Waals surface area (Å²) in [5.41, 5.74) is 0. The van der Waals surface area contributed by atoms with Gasteiger partial charge < -0.3 is 24.4 Å². The molecule has 1 saturated heterocycles. The van der Waals surface area contributed by atoms with Gasteiger partial charge in [0.1, 0.15) is 0 Å². The van der Waals surface area contributed by atoms with Crippen LogP contribution in [0.15, 0.2) is 16.9 Å². The first-order valence-electron chi connectivity index (χ1n) is 6.90. The standard InChI is InChI=1S/C13H19BrN4O4/c1-21-4-5-22-9-11-8-17(13(19)20)2-3-18(11)12-15-6-10(14)7-16-12/h6-7,11H,2-5,8-9H2,1H3,(H,19,20)/t11-/m1/s1. The first-order chi connectivity index (χ1) is 10.6. The normalized spacial score (nSPS) is 18.5. The number of carboxylic acid groups (broad SMARTS) is 1. The van der Waals surface area contributed by atoms with Crippen LogP contribution in [0.25, 0.3) is 0 Å². The Morgan fingerprint density at radius 3 is 2.77 bits per heavy atom. The van der Waals surface area contributed by atoms with Crippen molar-refractivity contribution in [1.29, 1.82) is 0 Å². The fourth-order valence-corrected chi connectivity index (χ4v) is 2.46. The molecule has 1 aliphatic rings. The number of hydrogen-bond acceptors (Lipinski definition) is 6. The Balaban J connectivity index is 2.04. The van der Waals surface area contributed by atoms with Crippen LogP contribution >= 0.6 is 15.9 Å². The first kappa shape index (κ1) is 16.9. The van der Waals surface area contributed by atoms with Crippen LogP contribution in [0.5, 0.6) is 0 Å². The molecule has 2 rings (SSSR count). The van der Waals surface area contributed by atoms with E-state index in [1.807, 2.05) is 4.90 Å². The quantitative estimate of drug-likeness (QED) is 0.745. The molecular weight excluding hydrogens is 356 g/mol. The third-order valence-electron chi connectivity index (χ3n) is 3.36. The van der Waals surface area contributed by atoms with Crippen LogP contribution in [-0.2, 0) is 9.47 Å². The number of piperazine rings is 1. The summed E-state index contributed by atoms with van der Waals surface area (Å²) in [5.74, 6) is 0.577. The predicted molar refractivity (Wildman–Crippen MR) is 83.2 cm³/mol. The second-order valence-electron chi connectivity index (χ2n) is 4.84. The van der Waals surface area contributed by atoms with Crippen LogP contribution in [0.4, 0.5) is 10.7 Å². The molecule has 1 aromatic rings. The molecule has 1 N–H and O–H groups in total. The second-order valence-corrected chi connectivity index (χ2v) is 5.76. The largest absolute Gasteiger partial charge is 0.465 e. The van der Waals surface area contributed by atoms with Crippen LogP contribution in [0.1, 0.15) is 0 Å². The lowest BCUT2D eigenvalue weighted by atomic mass is 10.2. The minimum absolute atomic E-state index is 0.122. The number of halogens is 1. The summed E-state index contributed by atoms with van der Waals surface area (Å²) in [7, 11) is 1.61. The topological polar surface area (TPSA) is 88.0 Å². The molecule has 0 unspecified atom stereocenters. The van der Waals surface area contributed by atoms with E-state index in [4.69, 9.17) is 14.6 Å². The number of ether oxygens (including phenoxy) is 2. The highest BCUT2D eigenvalue weighted by Gasteiger charge is 2.31. The van der Waals surface area contributed by atoms with Crippen molar-refractivity contribution in [1.82, 2.24) is 14.9 Å². The summed E-state index contributed by atoms with van der Waals surface area (Å²) in [5, 5.41) is 9.17. The van der Waals surface area contributed by atoms with Gasteiger partial charge in [-0.05, 0) is 15.9 Å². The van der Waals surface area contributed by atoms with E-state index in [2.05, 4.69) is 25.9 Å². The highest BCUT2D eigenvalue weighted by Crippen LogP contribution is 2.18. The van der Waals surface area contributed by atoms with Crippen molar-refractivity contribution in [3.63, 3.8) is 0 Å². The molecule has 9 heteroatoms. The molecule has 0 aliphatic carbocycles. The summed E-state index contributed by atoms with van der Waals surface area (Å²) < 4.78 is 11.3. The molecule has 2 heterocycles. The second kappa shape index (κ2) is 8.25. The minimum atomic E-state index is -0.918. The van der Waals surface area contributed by atoms with E-state index in [1.165, 1.54) is 4.90 Å². The van der Waals surface area contributed by atoms with E-state index < -0.39 is 6.09 Å². The average Bonchev–Trinajstić information content (AvgIpc) is 2.52. The van der Waals surface area contributed by atoms with Gasteiger partial charge in [0.05, 0.1) is 30.3 Å². The summed E-state index contributed by atoms with van der Waals surface area (Å²) in [4.78, 5) is 23.1. The lowest BCUT2D eigenvalue weighted by molar-refractivity contribution is 0.0514. The van der Waals surface area contributed by atoms with Gasteiger partial charge in [0.2, 0.25) is 5.95 Å². The summed E-state index contributed by atoms with van der Waals surface area (Å²) in [6.45, 7) is 2.68. The number of methoxy groups -OCH3 is 1. The molecular formula is C13H19BrN4O4. The van der Waals surface area contributed by atoms with Crippen LogP contribution in [0.3, 0.4) is 0 Å². The number of amides is 1. The van der Waals surface area contributed by atoms with Crippen LogP contribution in [-0.4, -0.2) is 78.7 Å². The molecule has 0 spiro atoms. The smallest absolute Gasteiger partial charge is 0.407 e. The molecule has 1 aliphatic heterocycles. The van der Waals surface area contributed by atoms with Gasteiger partial charge in [-0.1, -0.05) is 0 Å². The van der Waals surface area contributed by atoms with Crippen molar-refractivity contribution >= 4 is 28.0 Å². The van der Waals surface area contributed by atoms with Gasteiger partial charge in [-0.2, -0.15) is 0 Å². The van der Waals surface area contributed by atoms with E-state index in [0.29, 0.717) is 45.4 Å². The molecule has 1 atom stereocenters. The summed E-state index contributed by atoms with van der Waals surface area (Å²) in [6, 6.07) is -0.122. The maximum atomic E-state index is 11.2. The number of aromatic nitrogens is 2. The minimum Gasteiger partial charge on any atom is -0.465 e. The summed E-state index contributed by atoms with van der Waals surface area (Å²) in [6.07, 6.45) is 2.43. The zero-order valence-electron chi connectivity index (χ0n) is 12.3. The van der Waals surface area contributed by atoms with Crippen LogP contribution in [0.2, 0.25) is 0 Å². The average molecular weight is 375 g/mol. The summed E-state index contributed by atoms with van der Waals surface area (Å²) >= 11 is 3.30. The van der Waals surface area contributed by atoms with E-state index in [1.54, 1.807) is 19.5 Å². The van der Waals surface area contributed by atoms with Gasteiger partial charge in [0.25, 0.3) is 0 Å². The number of nitrogens with zero attached hydrogens (tertiary/aromatic N) is 4. The first-order valence-corrected chi connectivity index (χ1v) is 7.70. The Bertz CT molecular complexity index is 487. The zero-order valence-corrected chi connectivity index (χ0v) is 13.9. The highest BCUT2D eigenvalue weighted by atomic mass is 79.9. The lowest BCUT2D eigenvalue weighted by Gasteiger charge is -2.40. The SMILES string of the molecule is COCCOC[C@H]1CN(C(=O)O)CCN1c1ncc(Br)cn1. The van der Waals surface area contributed by atoms with Crippen molar-refractivity contribution in [2.45, 2.75) is 6.04 Å². The number of hydrogen-bond donors (Lipinski definition) is 1. The molecule has 0 saturated carbocycles. The van der Waals surface area contributed by atoms with Gasteiger partial charge in [-0.25, -0.2) is 14.8 Å². The fraction of sp³-hybridized carbons (Fsp3) is 0.615. The molecule has 1 fully saturated rings. The molecule has 22 heavy (non-hydrogen) atoms. The maximum Gasteiger partial charge on any atom is 0.407 e. The van der Waals surface area contributed by atoms with Crippen molar-refractivity contribution in [2.24, 2.45) is 0 Å². The Morgan fingerprint density at radius 1 is 1.41 bits per heavy atom. The predicted octanol–water partition coefficient (Wildman–Crippen LogP) is 1.07. The molecule has 1 amide bonds. The Hall–Kier alpha value is -1.45. The number of anilines is 1. The maximum absolute atomic E-state index is 11.2. The van der Waals surface area contributed by atoms with E-state index >= 15 is 0 Å². The van der Waals surface area contributed by atoms with E-state index in [9.17, 15) is 4.79 Å². The van der Waals surface area contributed by atoms with Crippen molar-refractivity contribution in [3.05, 3.63) is 16.9 Å². The van der Waals surface area contributed by atoms with E-state index in [-0.39, 0.29) is 6.04 Å². The van der Waals surface area contributed by atoms with E-state index in [0.717, 1.165) is 4.47 Å². The van der Waals surface area contributed by atoms with Gasteiger partial charge >= 0.3 is 6.09 Å². The Morgan fingerprint density at radius 2 is 2.14 bits per heavy atom. The molecule has 0 radical (unpaired) electrons. The Kier molecular flexibility index (Phi) is 6.34. The number of carbonyl (C=O) groups is 1. The van der Waals surface area contributed by atoms with Crippen LogP contribution in [0, 0.1) is 0 Å². The zero-order chi connectivity index (χ0) is 15.9. The van der Waals surface area contributed by atoms with Gasteiger partial charge in [-0.3, -0.25) is 0 Å². The monoisotopic (exact) mass is 374 g/mol. The van der Waals surface area contributed by atoms with Gasteiger partial charge in [-0.15, -0.1) is 0 Å². The fourth-order valence-electron chi connectivity index (χ4n) is 2.25. The van der Waals surface area contributed by atoms with Crippen molar-refractivity contribution in [2.75, 3.05) is 51.5 Å². The highest BCUT2D eigenvalue weighted by molar-refractivity contribution is 9.10. The molecule has 8 nitrogen and oxygen atoms in total. The van der Waals surface area contributed by atoms with Crippen LogP contribution < -0.4 is 4.90 Å². The van der Waals surface area contributed by atoms with Crippen molar-refractivity contribution in [3.8, 4) is 0 Å². The van der Waals surface area contributed by atoms with Gasteiger partial charge in [0.15, 0.2) is 0 Å².